The standard InChI is InChI=1S/C21H21NO4/c1-3-22(4-2)17-9-8-15-12-16(21(25)26-20(15)13-17)7-5-14-6-10-18(23)19(24)11-14/h5-13,23-24H,3-4H2,1-2H3. The average Bonchev–Trinajstić information content (AvgIpc) is 2.63. The Morgan fingerprint density at radius 3 is 2.42 bits per heavy atom. The zero-order valence-electron chi connectivity index (χ0n) is 14.8. The number of hydrogen-bond donors (Lipinski definition) is 2. The minimum atomic E-state index is -0.423. The summed E-state index contributed by atoms with van der Waals surface area (Å²) in [6.07, 6.45) is 3.32. The van der Waals surface area contributed by atoms with Crippen LogP contribution in [0.25, 0.3) is 23.1 Å². The summed E-state index contributed by atoms with van der Waals surface area (Å²) in [4.78, 5) is 14.5. The first kappa shape index (κ1) is 17.6. The fourth-order valence-electron chi connectivity index (χ4n) is 2.85. The summed E-state index contributed by atoms with van der Waals surface area (Å²) in [6, 6.07) is 12.1. The van der Waals surface area contributed by atoms with Crippen LogP contribution in [0.1, 0.15) is 25.0 Å². The molecule has 0 spiro atoms. The van der Waals surface area contributed by atoms with Gasteiger partial charge in [-0.15, -0.1) is 0 Å². The van der Waals surface area contributed by atoms with Gasteiger partial charge >= 0.3 is 5.63 Å². The maximum absolute atomic E-state index is 12.3. The van der Waals surface area contributed by atoms with Crippen LogP contribution in [0.3, 0.4) is 0 Å². The molecule has 2 N–H and O–H groups in total. The van der Waals surface area contributed by atoms with Crippen molar-refractivity contribution in [2.75, 3.05) is 18.0 Å². The maximum Gasteiger partial charge on any atom is 0.343 e. The van der Waals surface area contributed by atoms with Crippen molar-refractivity contribution < 1.29 is 14.6 Å². The van der Waals surface area contributed by atoms with Gasteiger partial charge < -0.3 is 19.5 Å². The van der Waals surface area contributed by atoms with Crippen LogP contribution < -0.4 is 10.5 Å². The Labute approximate surface area is 151 Å². The maximum atomic E-state index is 12.3. The van der Waals surface area contributed by atoms with E-state index in [-0.39, 0.29) is 11.5 Å². The van der Waals surface area contributed by atoms with Crippen LogP contribution >= 0.6 is 0 Å². The Morgan fingerprint density at radius 2 is 1.73 bits per heavy atom. The molecule has 5 heteroatoms. The summed E-state index contributed by atoms with van der Waals surface area (Å²) < 4.78 is 5.48. The van der Waals surface area contributed by atoms with Gasteiger partial charge in [0.05, 0.1) is 5.56 Å². The predicted octanol–water partition coefficient (Wildman–Crippen LogP) is 4.22. The normalized spacial score (nSPS) is 11.3. The monoisotopic (exact) mass is 351 g/mol. The van der Waals surface area contributed by atoms with E-state index < -0.39 is 5.63 Å². The van der Waals surface area contributed by atoms with Crippen molar-refractivity contribution in [2.24, 2.45) is 0 Å². The number of phenolic OH excluding ortho intramolecular Hbond substituents is 2. The number of phenols is 2. The van der Waals surface area contributed by atoms with Gasteiger partial charge in [-0.3, -0.25) is 0 Å². The lowest BCUT2D eigenvalue weighted by molar-refractivity contribution is 0.403. The third-order valence-corrected chi connectivity index (χ3v) is 4.33. The minimum absolute atomic E-state index is 0.184. The molecule has 134 valence electrons. The number of hydrogen-bond acceptors (Lipinski definition) is 5. The van der Waals surface area contributed by atoms with Crippen LogP contribution in [0.4, 0.5) is 5.69 Å². The number of aromatic hydroxyl groups is 2. The van der Waals surface area contributed by atoms with Crippen molar-refractivity contribution in [1.82, 2.24) is 0 Å². The lowest BCUT2D eigenvalue weighted by Crippen LogP contribution is -2.21. The lowest BCUT2D eigenvalue weighted by atomic mass is 10.1. The van der Waals surface area contributed by atoms with Gasteiger partial charge in [0.2, 0.25) is 0 Å². The molecule has 0 amide bonds. The first-order chi connectivity index (χ1) is 12.5. The molecule has 0 aliphatic carbocycles. The third-order valence-electron chi connectivity index (χ3n) is 4.33. The third kappa shape index (κ3) is 3.57. The van der Waals surface area contributed by atoms with Crippen LogP contribution in [-0.4, -0.2) is 23.3 Å². The summed E-state index contributed by atoms with van der Waals surface area (Å²) in [5.41, 5.74) is 2.23. The molecular formula is C21H21NO4. The van der Waals surface area contributed by atoms with Gasteiger partial charge in [-0.05, 0) is 55.8 Å². The fraction of sp³-hybridized carbons (Fsp3) is 0.190. The molecule has 2 aromatic carbocycles. The fourth-order valence-corrected chi connectivity index (χ4v) is 2.85. The second-order valence-corrected chi connectivity index (χ2v) is 5.97. The molecule has 3 aromatic rings. The van der Waals surface area contributed by atoms with Crippen molar-refractivity contribution in [3.63, 3.8) is 0 Å². The van der Waals surface area contributed by atoms with Crippen molar-refractivity contribution in [2.45, 2.75) is 13.8 Å². The molecule has 0 saturated heterocycles. The molecule has 1 aromatic heterocycles. The SMILES string of the molecule is CCN(CC)c1ccc2cc(C=Cc3ccc(O)c(O)c3)c(=O)oc2c1. The van der Waals surface area contributed by atoms with Crippen LogP contribution in [0.2, 0.25) is 0 Å². The van der Waals surface area contributed by atoms with Gasteiger partial charge in [0.15, 0.2) is 11.5 Å². The molecule has 0 saturated carbocycles. The molecule has 0 aliphatic rings. The van der Waals surface area contributed by atoms with Gasteiger partial charge in [-0.1, -0.05) is 12.1 Å². The zero-order chi connectivity index (χ0) is 18.7. The van der Waals surface area contributed by atoms with E-state index >= 15 is 0 Å². The van der Waals surface area contributed by atoms with Crippen molar-refractivity contribution >= 4 is 28.8 Å². The van der Waals surface area contributed by atoms with Crippen molar-refractivity contribution in [3.8, 4) is 11.5 Å². The van der Waals surface area contributed by atoms with Crippen molar-refractivity contribution in [1.29, 1.82) is 0 Å². The van der Waals surface area contributed by atoms with E-state index in [0.29, 0.717) is 16.7 Å². The van der Waals surface area contributed by atoms with Gasteiger partial charge in [0.1, 0.15) is 5.58 Å². The topological polar surface area (TPSA) is 73.9 Å². The van der Waals surface area contributed by atoms with Gasteiger partial charge in [-0.25, -0.2) is 4.79 Å². The summed E-state index contributed by atoms with van der Waals surface area (Å²) in [6.45, 7) is 5.93. The number of benzene rings is 2. The molecule has 0 aliphatic heterocycles. The second-order valence-electron chi connectivity index (χ2n) is 5.97. The smallest absolute Gasteiger partial charge is 0.343 e. The van der Waals surface area contributed by atoms with E-state index in [1.165, 1.54) is 12.1 Å². The molecule has 26 heavy (non-hydrogen) atoms. The van der Waals surface area contributed by atoms with E-state index in [9.17, 15) is 15.0 Å². The second kappa shape index (κ2) is 7.35. The minimum Gasteiger partial charge on any atom is -0.504 e. The summed E-state index contributed by atoms with van der Waals surface area (Å²) in [5, 5.41) is 19.7. The Morgan fingerprint density at radius 1 is 0.962 bits per heavy atom. The Bertz CT molecular complexity index is 1020. The Kier molecular flexibility index (Phi) is 4.98. The van der Waals surface area contributed by atoms with Gasteiger partial charge in [-0.2, -0.15) is 0 Å². The molecule has 3 rings (SSSR count). The van der Waals surface area contributed by atoms with Crippen LogP contribution in [0.5, 0.6) is 11.5 Å². The van der Waals surface area contributed by atoms with E-state index in [2.05, 4.69) is 18.7 Å². The molecule has 0 fully saturated rings. The van der Waals surface area contributed by atoms with Gasteiger partial charge in [0.25, 0.3) is 0 Å². The highest BCUT2D eigenvalue weighted by atomic mass is 16.4. The largest absolute Gasteiger partial charge is 0.504 e. The summed E-state index contributed by atoms with van der Waals surface area (Å²) in [5.74, 6) is -0.391. The van der Waals surface area contributed by atoms with Crippen molar-refractivity contribution in [3.05, 3.63) is 64.0 Å². The summed E-state index contributed by atoms with van der Waals surface area (Å²) >= 11 is 0. The molecule has 0 unspecified atom stereocenters. The van der Waals surface area contributed by atoms with E-state index in [1.54, 1.807) is 24.3 Å². The molecule has 1 heterocycles. The zero-order valence-corrected chi connectivity index (χ0v) is 14.8. The Balaban J connectivity index is 1.96. The molecule has 0 bridgehead atoms. The molecular weight excluding hydrogens is 330 g/mol. The number of rotatable bonds is 5. The highest BCUT2D eigenvalue weighted by molar-refractivity contribution is 5.83. The molecule has 0 atom stereocenters. The first-order valence-corrected chi connectivity index (χ1v) is 8.54. The van der Waals surface area contributed by atoms with Crippen LogP contribution in [-0.2, 0) is 0 Å². The highest BCUT2D eigenvalue weighted by Crippen LogP contribution is 2.26. The predicted molar refractivity (Wildman–Crippen MR) is 105 cm³/mol. The van der Waals surface area contributed by atoms with Crippen LogP contribution in [0, 0.1) is 0 Å². The number of nitrogens with zero attached hydrogens (tertiary/aromatic N) is 1. The van der Waals surface area contributed by atoms with Gasteiger partial charge in [0, 0.05) is 30.2 Å². The quantitative estimate of drug-likeness (QED) is 0.532. The summed E-state index contributed by atoms with van der Waals surface area (Å²) in [7, 11) is 0. The Hall–Kier alpha value is -3.21. The van der Waals surface area contributed by atoms with E-state index in [0.717, 1.165) is 24.2 Å². The number of fused-ring (bicyclic) bond motifs is 1. The molecule has 5 nitrogen and oxygen atoms in total. The van der Waals surface area contributed by atoms with E-state index in [1.807, 2.05) is 18.2 Å². The average molecular weight is 351 g/mol. The highest BCUT2D eigenvalue weighted by Gasteiger charge is 2.07. The lowest BCUT2D eigenvalue weighted by Gasteiger charge is -2.20. The van der Waals surface area contributed by atoms with E-state index in [4.69, 9.17) is 4.42 Å². The molecule has 0 radical (unpaired) electrons. The first-order valence-electron chi connectivity index (χ1n) is 8.54. The number of anilines is 1. The van der Waals surface area contributed by atoms with Crippen LogP contribution in [0.15, 0.2) is 51.7 Å².